The van der Waals surface area contributed by atoms with Crippen molar-refractivity contribution in [2.75, 3.05) is 14.2 Å². The van der Waals surface area contributed by atoms with Gasteiger partial charge in [0, 0.05) is 15.1 Å². The third-order valence-corrected chi connectivity index (χ3v) is 3.92. The van der Waals surface area contributed by atoms with Gasteiger partial charge in [-0.15, -0.1) is 0 Å². The van der Waals surface area contributed by atoms with E-state index in [-0.39, 0.29) is 17.6 Å². The molecule has 5 heteroatoms. The number of hydrogen-bond donors (Lipinski definition) is 1. The summed E-state index contributed by atoms with van der Waals surface area (Å²) in [5.74, 6) is -0.167. The van der Waals surface area contributed by atoms with Gasteiger partial charge in [0.2, 0.25) is 0 Å². The molecular formula is C15H14BrClFNO. The molecule has 0 amide bonds. The quantitative estimate of drug-likeness (QED) is 0.865. The fourth-order valence-electron chi connectivity index (χ4n) is 2.12. The molecule has 0 fully saturated rings. The molecule has 0 aromatic heterocycles. The number of halogens is 3. The maximum Gasteiger partial charge on any atom is 0.170 e. The van der Waals surface area contributed by atoms with Crippen LogP contribution in [0.4, 0.5) is 4.39 Å². The van der Waals surface area contributed by atoms with Crippen molar-refractivity contribution in [1.82, 2.24) is 5.32 Å². The van der Waals surface area contributed by atoms with Crippen LogP contribution in [-0.2, 0) is 0 Å². The van der Waals surface area contributed by atoms with Gasteiger partial charge in [0.25, 0.3) is 0 Å². The van der Waals surface area contributed by atoms with E-state index >= 15 is 0 Å². The van der Waals surface area contributed by atoms with E-state index in [4.69, 9.17) is 16.3 Å². The van der Waals surface area contributed by atoms with Crippen molar-refractivity contribution >= 4 is 27.5 Å². The van der Waals surface area contributed by atoms with E-state index in [1.807, 2.05) is 12.1 Å². The van der Waals surface area contributed by atoms with Crippen molar-refractivity contribution in [3.05, 3.63) is 62.8 Å². The van der Waals surface area contributed by atoms with Crippen LogP contribution >= 0.6 is 27.5 Å². The van der Waals surface area contributed by atoms with Gasteiger partial charge < -0.3 is 10.1 Å². The van der Waals surface area contributed by atoms with Crippen LogP contribution in [0.3, 0.4) is 0 Å². The summed E-state index contributed by atoms with van der Waals surface area (Å²) < 4.78 is 20.3. The van der Waals surface area contributed by atoms with Crippen LogP contribution in [0.5, 0.6) is 5.75 Å². The largest absolute Gasteiger partial charge is 0.494 e. The van der Waals surface area contributed by atoms with Crippen molar-refractivity contribution in [3.63, 3.8) is 0 Å². The normalized spacial score (nSPS) is 12.2. The Balaban J connectivity index is 2.55. The Labute approximate surface area is 131 Å². The zero-order chi connectivity index (χ0) is 14.7. The zero-order valence-electron chi connectivity index (χ0n) is 11.1. The molecular weight excluding hydrogens is 345 g/mol. The molecule has 0 bridgehead atoms. The monoisotopic (exact) mass is 357 g/mol. The summed E-state index contributed by atoms with van der Waals surface area (Å²) in [6.07, 6.45) is 0. The summed E-state index contributed by atoms with van der Waals surface area (Å²) in [7, 11) is 3.21. The van der Waals surface area contributed by atoms with Gasteiger partial charge in [0.05, 0.1) is 13.2 Å². The van der Waals surface area contributed by atoms with E-state index in [0.29, 0.717) is 10.6 Å². The summed E-state index contributed by atoms with van der Waals surface area (Å²) in [5, 5.41) is 3.67. The van der Waals surface area contributed by atoms with Crippen molar-refractivity contribution in [1.29, 1.82) is 0 Å². The van der Waals surface area contributed by atoms with Crippen molar-refractivity contribution in [3.8, 4) is 5.75 Å². The number of hydrogen-bond acceptors (Lipinski definition) is 2. The van der Waals surface area contributed by atoms with Crippen LogP contribution in [0.15, 0.2) is 40.9 Å². The van der Waals surface area contributed by atoms with E-state index in [2.05, 4.69) is 21.2 Å². The van der Waals surface area contributed by atoms with E-state index in [0.717, 1.165) is 10.0 Å². The molecule has 1 atom stereocenters. The smallest absolute Gasteiger partial charge is 0.170 e. The Morgan fingerprint density at radius 3 is 2.65 bits per heavy atom. The lowest BCUT2D eigenvalue weighted by molar-refractivity contribution is 0.382. The Kier molecular flexibility index (Phi) is 5.02. The molecule has 0 heterocycles. The molecule has 0 aliphatic heterocycles. The van der Waals surface area contributed by atoms with Crippen LogP contribution < -0.4 is 10.1 Å². The fraction of sp³-hybridized carbons (Fsp3) is 0.200. The van der Waals surface area contributed by atoms with Crippen LogP contribution in [-0.4, -0.2) is 14.2 Å². The molecule has 0 saturated carbocycles. The number of nitrogens with one attached hydrogen (secondary N) is 1. The number of ether oxygens (including phenoxy) is 1. The second kappa shape index (κ2) is 6.57. The third kappa shape index (κ3) is 2.97. The minimum absolute atomic E-state index is 0.217. The fourth-order valence-corrected chi connectivity index (χ4v) is 2.73. The van der Waals surface area contributed by atoms with E-state index in [1.165, 1.54) is 7.11 Å². The van der Waals surface area contributed by atoms with Gasteiger partial charge in [-0.3, -0.25) is 0 Å². The first-order valence-corrected chi connectivity index (χ1v) is 7.20. The Hall–Kier alpha value is -1.10. The maximum atomic E-state index is 14.4. The molecule has 20 heavy (non-hydrogen) atoms. The Morgan fingerprint density at radius 2 is 2.00 bits per heavy atom. The minimum atomic E-state index is -0.384. The van der Waals surface area contributed by atoms with Crippen molar-refractivity contribution in [2.45, 2.75) is 6.04 Å². The first-order valence-electron chi connectivity index (χ1n) is 6.03. The first kappa shape index (κ1) is 15.3. The molecule has 1 N–H and O–H groups in total. The average Bonchev–Trinajstić information content (AvgIpc) is 2.45. The molecule has 0 saturated heterocycles. The van der Waals surface area contributed by atoms with Gasteiger partial charge in [0.1, 0.15) is 0 Å². The summed E-state index contributed by atoms with van der Waals surface area (Å²) >= 11 is 9.64. The molecule has 2 aromatic carbocycles. The predicted octanol–water partition coefficient (Wildman–Crippen LogP) is 4.56. The van der Waals surface area contributed by atoms with Crippen molar-refractivity contribution < 1.29 is 9.13 Å². The lowest BCUT2D eigenvalue weighted by Gasteiger charge is -2.20. The SMILES string of the molecule is CNC(c1cc(Br)ccc1Cl)c1cccc(OC)c1F. The standard InChI is InChI=1S/C15H14BrClFNO/c1-19-15(11-8-9(16)6-7-12(11)17)10-4-3-5-13(20-2)14(10)18/h3-8,15,19H,1-2H3. The van der Waals surface area contributed by atoms with Gasteiger partial charge in [-0.1, -0.05) is 39.7 Å². The van der Waals surface area contributed by atoms with Gasteiger partial charge in [-0.25, -0.2) is 4.39 Å². The maximum absolute atomic E-state index is 14.4. The molecule has 0 spiro atoms. The summed E-state index contributed by atoms with van der Waals surface area (Å²) in [4.78, 5) is 0. The van der Waals surface area contributed by atoms with Gasteiger partial charge in [-0.05, 0) is 36.9 Å². The molecule has 0 aliphatic rings. The van der Waals surface area contributed by atoms with Crippen LogP contribution in [0.2, 0.25) is 5.02 Å². The predicted molar refractivity (Wildman–Crippen MR) is 83.0 cm³/mol. The van der Waals surface area contributed by atoms with Gasteiger partial charge in [0.15, 0.2) is 11.6 Å². The highest BCUT2D eigenvalue weighted by Crippen LogP contribution is 2.33. The molecule has 0 aliphatic carbocycles. The summed E-state index contributed by atoms with van der Waals surface area (Å²) in [5.41, 5.74) is 1.29. The summed E-state index contributed by atoms with van der Waals surface area (Å²) in [6, 6.07) is 10.2. The highest BCUT2D eigenvalue weighted by atomic mass is 79.9. The number of rotatable bonds is 4. The molecule has 2 nitrogen and oxygen atoms in total. The van der Waals surface area contributed by atoms with Gasteiger partial charge >= 0.3 is 0 Å². The van der Waals surface area contributed by atoms with Gasteiger partial charge in [-0.2, -0.15) is 0 Å². The van der Waals surface area contributed by atoms with E-state index < -0.39 is 0 Å². The molecule has 1 unspecified atom stereocenters. The van der Waals surface area contributed by atoms with Crippen molar-refractivity contribution in [2.24, 2.45) is 0 Å². The second-order valence-electron chi connectivity index (χ2n) is 4.25. The number of benzene rings is 2. The third-order valence-electron chi connectivity index (χ3n) is 3.08. The lowest BCUT2D eigenvalue weighted by Crippen LogP contribution is -2.19. The average molecular weight is 359 g/mol. The molecule has 0 radical (unpaired) electrons. The topological polar surface area (TPSA) is 21.3 Å². The van der Waals surface area contributed by atoms with Crippen LogP contribution in [0.25, 0.3) is 0 Å². The Morgan fingerprint density at radius 1 is 1.25 bits per heavy atom. The van der Waals surface area contributed by atoms with Crippen LogP contribution in [0.1, 0.15) is 17.2 Å². The lowest BCUT2D eigenvalue weighted by atomic mass is 9.98. The second-order valence-corrected chi connectivity index (χ2v) is 5.57. The van der Waals surface area contributed by atoms with Crippen LogP contribution in [0, 0.1) is 5.82 Å². The van der Waals surface area contributed by atoms with E-state index in [1.54, 1.807) is 31.3 Å². The molecule has 2 rings (SSSR count). The molecule has 106 valence electrons. The summed E-state index contributed by atoms with van der Waals surface area (Å²) in [6.45, 7) is 0. The highest BCUT2D eigenvalue weighted by Gasteiger charge is 2.21. The zero-order valence-corrected chi connectivity index (χ0v) is 13.4. The molecule has 2 aromatic rings. The highest BCUT2D eigenvalue weighted by molar-refractivity contribution is 9.10. The van der Waals surface area contributed by atoms with E-state index in [9.17, 15) is 4.39 Å². The first-order chi connectivity index (χ1) is 9.58. The Bertz CT molecular complexity index is 621. The number of methoxy groups -OCH3 is 1. The minimum Gasteiger partial charge on any atom is -0.494 e.